The molecule has 2 aliphatic heterocycles. The van der Waals surface area contributed by atoms with Crippen molar-refractivity contribution in [2.24, 2.45) is 52.9 Å². The number of hydrogen-bond donors (Lipinski definition) is 3. The van der Waals surface area contributed by atoms with Gasteiger partial charge in [0.1, 0.15) is 5.78 Å². The number of halogens is 1. The molecule has 66 heavy (non-hydrogen) atoms. The van der Waals surface area contributed by atoms with Crippen molar-refractivity contribution in [1.82, 2.24) is 0 Å². The van der Waals surface area contributed by atoms with Crippen LogP contribution in [-0.4, -0.2) is 67.0 Å². The van der Waals surface area contributed by atoms with E-state index in [2.05, 4.69) is 75.3 Å². The molecule has 2 saturated heterocycles. The van der Waals surface area contributed by atoms with Gasteiger partial charge in [-0.25, -0.2) is 0 Å². The number of alkyl halides is 1. The Morgan fingerprint density at radius 3 is 1.52 bits per heavy atom. The SMILES string of the molecule is CC(CC1C(=O)OC(=O)C1C)c1ccccc1.CCC(C)C(=O)O.CCC(C)CN.CCC(C)c1ccc(CCl)cc1.CCC(CCCCN)C(C)=O.COC(C)CC1C(=O)OC(=O)C1C. The largest absolute Gasteiger partial charge is 0.481 e. The van der Waals surface area contributed by atoms with Crippen molar-refractivity contribution >= 4 is 47.2 Å². The lowest BCUT2D eigenvalue weighted by Gasteiger charge is -2.16. The second-order valence-corrected chi connectivity index (χ2v) is 17.9. The molecule has 2 fully saturated rings. The van der Waals surface area contributed by atoms with Crippen LogP contribution in [0.1, 0.15) is 169 Å². The monoisotopic (exact) mass is 947 g/mol. The average Bonchev–Trinajstić information content (AvgIpc) is 3.71. The Balaban J connectivity index is 0. The predicted molar refractivity (Wildman–Crippen MR) is 266 cm³/mol. The zero-order valence-corrected chi connectivity index (χ0v) is 43.4. The summed E-state index contributed by atoms with van der Waals surface area (Å²) in [5.41, 5.74) is 14.4. The number of cyclic esters (lactones) is 4. The van der Waals surface area contributed by atoms with Gasteiger partial charge in [0, 0.05) is 18.9 Å². The lowest BCUT2D eigenvalue weighted by atomic mass is 9.85. The minimum Gasteiger partial charge on any atom is -0.481 e. The van der Waals surface area contributed by atoms with Gasteiger partial charge in [-0.1, -0.05) is 137 Å². The van der Waals surface area contributed by atoms with Gasteiger partial charge in [0.05, 0.1) is 35.7 Å². The Bertz CT molecular complexity index is 1650. The Morgan fingerprint density at radius 2 is 1.20 bits per heavy atom. The summed E-state index contributed by atoms with van der Waals surface area (Å²) in [6, 6.07) is 18.6. The van der Waals surface area contributed by atoms with Crippen LogP contribution < -0.4 is 11.5 Å². The molecular weight excluding hydrogens is 860 g/mol. The number of benzene rings is 2. The van der Waals surface area contributed by atoms with Crippen molar-refractivity contribution in [2.45, 2.75) is 165 Å². The van der Waals surface area contributed by atoms with E-state index in [9.17, 15) is 28.8 Å². The van der Waals surface area contributed by atoms with Gasteiger partial charge >= 0.3 is 29.8 Å². The number of nitrogens with two attached hydrogens (primary N) is 2. The fourth-order valence-corrected chi connectivity index (χ4v) is 6.55. The van der Waals surface area contributed by atoms with E-state index in [1.807, 2.05) is 44.2 Å². The van der Waals surface area contributed by atoms with Gasteiger partial charge in [-0.05, 0) is 106 Å². The van der Waals surface area contributed by atoms with Crippen LogP contribution in [0.5, 0.6) is 0 Å². The third-order valence-corrected chi connectivity index (χ3v) is 12.8. The molecule has 0 saturated carbocycles. The molecule has 12 nitrogen and oxygen atoms in total. The summed E-state index contributed by atoms with van der Waals surface area (Å²) < 4.78 is 14.2. The highest BCUT2D eigenvalue weighted by atomic mass is 35.5. The normalized spacial score (nSPS) is 19.9. The molecule has 2 aromatic carbocycles. The van der Waals surface area contributed by atoms with Crippen LogP contribution >= 0.6 is 11.6 Å². The van der Waals surface area contributed by atoms with Crippen LogP contribution in [0.2, 0.25) is 0 Å². The molecule has 0 bridgehead atoms. The zero-order chi connectivity index (χ0) is 50.9. The van der Waals surface area contributed by atoms with E-state index in [1.54, 1.807) is 34.8 Å². The summed E-state index contributed by atoms with van der Waals surface area (Å²) in [4.78, 5) is 65.8. The number of unbranched alkanes of at least 4 members (excludes halogenated alkanes) is 1. The minimum atomic E-state index is -0.706. The first-order chi connectivity index (χ1) is 31.1. The standard InChI is InChI=1S/C14H16O3.C11H15Cl.C9H19NO.C9H14O4.C5H13N.C5H10O2/c1-9(11-6-4-3-5-7-11)8-12-10(2)13(15)17-14(12)16;1-3-9(2)11-6-4-10(8-12)5-7-11;1-3-9(8(2)11)6-4-5-7-10;1-5(12-3)4-7-6(2)8(10)13-9(7)11;1-3-5(2)4-6;1-3-4(2)5(6)7/h3-7,9-10,12H,8H2,1-2H3;4-7,9H,3,8H2,1-2H3;9H,3-7,10H2,1-2H3;5-7H,4H2,1-3H3;5H,3-4,6H2,1-2H3;4H,3H2,1-2H3,(H,6,7). The van der Waals surface area contributed by atoms with E-state index in [1.165, 1.54) is 29.5 Å². The quantitative estimate of drug-likeness (QED) is 0.0521. The summed E-state index contributed by atoms with van der Waals surface area (Å²) in [5.74, 6) is -0.903. The number of carbonyl (C=O) groups is 6. The van der Waals surface area contributed by atoms with Crippen LogP contribution in [0.15, 0.2) is 54.6 Å². The second kappa shape index (κ2) is 37.1. The molecule has 10 unspecified atom stereocenters. The molecule has 0 radical (unpaired) electrons. The molecule has 0 aromatic heterocycles. The highest BCUT2D eigenvalue weighted by Gasteiger charge is 2.42. The summed E-state index contributed by atoms with van der Waals surface area (Å²) in [7, 11) is 1.58. The van der Waals surface area contributed by atoms with Crippen LogP contribution in [0.3, 0.4) is 0 Å². The van der Waals surface area contributed by atoms with Gasteiger partial charge in [-0.15, -0.1) is 11.6 Å². The van der Waals surface area contributed by atoms with Crippen LogP contribution in [0.25, 0.3) is 0 Å². The number of carboxylic acid groups (broad SMARTS) is 1. The number of aliphatic carboxylic acids is 1. The minimum absolute atomic E-state index is 0.0223. The number of Topliss-reactive ketones (excluding diaryl/α,β-unsaturated/α-hetero) is 1. The summed E-state index contributed by atoms with van der Waals surface area (Å²) >= 11 is 5.69. The number of carboxylic acids is 1. The van der Waals surface area contributed by atoms with Gasteiger partial charge in [0.15, 0.2) is 0 Å². The van der Waals surface area contributed by atoms with Crippen molar-refractivity contribution < 1.29 is 48.1 Å². The van der Waals surface area contributed by atoms with E-state index in [0.29, 0.717) is 36.3 Å². The van der Waals surface area contributed by atoms with Gasteiger partial charge in [-0.3, -0.25) is 28.8 Å². The lowest BCUT2D eigenvalue weighted by molar-refractivity contribution is -0.155. The smallest absolute Gasteiger partial charge is 0.317 e. The van der Waals surface area contributed by atoms with Crippen LogP contribution in [0, 0.1) is 41.4 Å². The van der Waals surface area contributed by atoms with E-state index >= 15 is 0 Å². The number of hydrogen-bond acceptors (Lipinski definition) is 11. The number of carbonyl (C=O) groups excluding carboxylic acids is 5. The van der Waals surface area contributed by atoms with E-state index in [4.69, 9.17) is 32.9 Å². The molecule has 5 N–H and O–H groups in total. The van der Waals surface area contributed by atoms with Crippen molar-refractivity contribution in [3.8, 4) is 0 Å². The third-order valence-electron chi connectivity index (χ3n) is 12.4. The first kappa shape index (κ1) is 64.1. The predicted octanol–water partition coefficient (Wildman–Crippen LogP) is 11.0. The molecule has 2 heterocycles. The van der Waals surface area contributed by atoms with Gasteiger partial charge in [0.2, 0.25) is 0 Å². The van der Waals surface area contributed by atoms with Crippen molar-refractivity contribution in [1.29, 1.82) is 0 Å². The first-order valence-electron chi connectivity index (χ1n) is 24.0. The zero-order valence-electron chi connectivity index (χ0n) is 42.6. The topological polar surface area (TPSA) is 202 Å². The number of ether oxygens (including phenoxy) is 3. The Hall–Kier alpha value is -3.97. The summed E-state index contributed by atoms with van der Waals surface area (Å²) in [6.07, 6.45) is 8.43. The molecule has 0 amide bonds. The Labute approximate surface area is 403 Å². The first-order valence-corrected chi connectivity index (χ1v) is 24.5. The third kappa shape index (κ3) is 26.4. The van der Waals surface area contributed by atoms with E-state index in [-0.39, 0.29) is 59.5 Å². The fraction of sp³-hybridized carbons (Fsp3) is 0.660. The number of rotatable bonds is 19. The Morgan fingerprint density at radius 1 is 0.697 bits per heavy atom. The molecule has 0 spiro atoms. The van der Waals surface area contributed by atoms with Gasteiger partial charge in [0.25, 0.3) is 0 Å². The average molecular weight is 948 g/mol. The molecule has 4 rings (SSSR count). The fourth-order valence-electron chi connectivity index (χ4n) is 6.37. The van der Waals surface area contributed by atoms with E-state index in [0.717, 1.165) is 45.2 Å². The van der Waals surface area contributed by atoms with Gasteiger partial charge < -0.3 is 30.8 Å². The summed E-state index contributed by atoms with van der Waals surface area (Å²) in [5, 5.41) is 8.18. The van der Waals surface area contributed by atoms with Crippen molar-refractivity contribution in [3.63, 3.8) is 0 Å². The van der Waals surface area contributed by atoms with E-state index < -0.39 is 17.9 Å². The second-order valence-electron chi connectivity index (χ2n) is 17.7. The van der Waals surface area contributed by atoms with Crippen LogP contribution in [0.4, 0.5) is 0 Å². The highest BCUT2D eigenvalue weighted by Crippen LogP contribution is 2.33. The molecule has 2 aliphatic rings. The molecule has 13 heteroatoms. The lowest BCUT2D eigenvalue weighted by Crippen LogP contribution is -2.21. The summed E-state index contributed by atoms with van der Waals surface area (Å²) in [6.45, 7) is 25.0. The molecule has 376 valence electrons. The number of methoxy groups -OCH3 is 1. The van der Waals surface area contributed by atoms with Crippen LogP contribution in [-0.2, 0) is 48.9 Å². The number of esters is 4. The van der Waals surface area contributed by atoms with Gasteiger partial charge in [-0.2, -0.15) is 0 Å². The maximum absolute atomic E-state index is 11.5. The highest BCUT2D eigenvalue weighted by molar-refractivity contribution is 6.17. The molecular formula is C53H87ClN2O10. The molecule has 10 atom stereocenters. The molecule has 2 aromatic rings. The molecule has 0 aliphatic carbocycles. The maximum Gasteiger partial charge on any atom is 0.317 e. The maximum atomic E-state index is 11.5. The van der Waals surface area contributed by atoms with Crippen molar-refractivity contribution in [3.05, 3.63) is 71.3 Å². The Kier molecular flexibility index (Phi) is 36.0. The van der Waals surface area contributed by atoms with Crippen molar-refractivity contribution in [2.75, 3.05) is 20.2 Å². The number of ketones is 1.